The van der Waals surface area contributed by atoms with Crippen LogP contribution in [0.1, 0.15) is 5.56 Å². The number of thiocarbonyl (C=S) groups is 1. The van der Waals surface area contributed by atoms with Gasteiger partial charge in [-0.25, -0.2) is 8.42 Å². The molecule has 0 aliphatic carbocycles. The van der Waals surface area contributed by atoms with Crippen molar-refractivity contribution in [3.05, 3.63) is 35.9 Å². The smallest absolute Gasteiger partial charge is 0.860 e. The zero-order valence-corrected chi connectivity index (χ0v) is 17.3. The topological polar surface area (TPSA) is 114 Å². The van der Waals surface area contributed by atoms with Crippen molar-refractivity contribution in [1.29, 1.82) is 0 Å². The zero-order chi connectivity index (χ0) is 15.9. The molecule has 0 saturated heterocycles. The Balaban J connectivity index is 0.00000441. The number of benzene rings is 1. The van der Waals surface area contributed by atoms with E-state index in [1.165, 1.54) is 0 Å². The van der Waals surface area contributed by atoms with Crippen molar-refractivity contribution in [1.82, 2.24) is 5.43 Å². The molecule has 2 N–H and O–H groups in total. The molecular weight excluding hydrogens is 373 g/mol. The second-order valence-corrected chi connectivity index (χ2v) is 7.09. The first-order valence-electron chi connectivity index (χ1n) is 5.53. The third-order valence-corrected chi connectivity index (χ3v) is 3.80. The van der Waals surface area contributed by atoms with E-state index in [0.717, 1.165) is 0 Å². The van der Waals surface area contributed by atoms with Crippen molar-refractivity contribution in [3.8, 4) is 0 Å². The van der Waals surface area contributed by atoms with Gasteiger partial charge < -0.3 is 10.3 Å². The van der Waals surface area contributed by atoms with Crippen molar-refractivity contribution in [2.45, 2.75) is 0 Å². The van der Waals surface area contributed by atoms with E-state index in [1.54, 1.807) is 30.3 Å². The molecule has 0 radical (unpaired) electrons. The molecule has 0 fully saturated rings. The summed E-state index contributed by atoms with van der Waals surface area (Å²) in [7, 11) is -3.83. The third kappa shape index (κ3) is 8.57. The molecular formula is C11H12KN3O4S3. The molecule has 1 aromatic carbocycles. The monoisotopic (exact) mass is 385 g/mol. The molecule has 0 amide bonds. The summed E-state index contributed by atoms with van der Waals surface area (Å²) >= 11 is 8.19. The van der Waals surface area contributed by atoms with Crippen LogP contribution in [-0.2, 0) is 9.84 Å². The van der Waals surface area contributed by atoms with E-state index in [9.17, 15) is 13.5 Å². The Morgan fingerprint density at radius 2 is 1.91 bits per heavy atom. The maximum Gasteiger partial charge on any atom is 1.00 e. The Hall–Kier alpha value is -0.0136. The van der Waals surface area contributed by atoms with Crippen molar-refractivity contribution < 1.29 is 70.1 Å². The minimum Gasteiger partial charge on any atom is -0.860 e. The predicted octanol–water partition coefficient (Wildman–Crippen LogP) is -3.24. The van der Waals surface area contributed by atoms with Gasteiger partial charge in [-0.05, 0) is 5.90 Å². The normalized spacial score (nSPS) is 12.4. The molecule has 0 atom stereocenters. The second kappa shape index (κ2) is 10.7. The number of nitrogens with zero attached hydrogens (tertiary/aromatic N) is 2. The molecule has 11 heteroatoms. The van der Waals surface area contributed by atoms with Crippen LogP contribution in [0.15, 0.2) is 40.6 Å². The number of hydrazone groups is 1. The minimum atomic E-state index is -3.83. The van der Waals surface area contributed by atoms with E-state index in [4.69, 9.17) is 5.21 Å². The molecule has 0 aliphatic heterocycles. The van der Waals surface area contributed by atoms with E-state index >= 15 is 0 Å². The Kier molecular flexibility index (Phi) is 10.7. The quantitative estimate of drug-likeness (QED) is 0.0902. The summed E-state index contributed by atoms with van der Waals surface area (Å²) in [5, 5.41) is 26.5. The Morgan fingerprint density at radius 3 is 2.41 bits per heavy atom. The number of hydrogen-bond donors (Lipinski definition) is 3. The summed E-state index contributed by atoms with van der Waals surface area (Å²) in [5.41, 5.74) is 2.49. The fraction of sp³-hybridized carbons (Fsp3) is 0.182. The van der Waals surface area contributed by atoms with Gasteiger partial charge in [-0.2, -0.15) is 5.10 Å². The molecule has 0 heterocycles. The van der Waals surface area contributed by atoms with Gasteiger partial charge in [0.1, 0.15) is 5.71 Å². The average molecular weight is 386 g/mol. The summed E-state index contributed by atoms with van der Waals surface area (Å²) in [4.78, 5) is 0. The minimum absolute atomic E-state index is 0. The maximum absolute atomic E-state index is 11.9. The zero-order valence-electron chi connectivity index (χ0n) is 11.6. The molecule has 7 nitrogen and oxygen atoms in total. The molecule has 0 saturated carbocycles. The van der Waals surface area contributed by atoms with Gasteiger partial charge in [0.25, 0.3) is 0 Å². The molecule has 114 valence electrons. The summed E-state index contributed by atoms with van der Waals surface area (Å²) in [5.74, 6) is -2.33. The van der Waals surface area contributed by atoms with Crippen LogP contribution in [0.25, 0.3) is 0 Å². The first-order chi connectivity index (χ1) is 9.84. The molecule has 1 rings (SSSR count). The molecule has 22 heavy (non-hydrogen) atoms. The van der Waals surface area contributed by atoms with Crippen LogP contribution in [0.5, 0.6) is 0 Å². The number of oxime groups is 1. The number of hydrogen-bond acceptors (Lipinski definition) is 7. The summed E-state index contributed by atoms with van der Waals surface area (Å²) in [6, 6.07) is 8.27. The fourth-order valence-electron chi connectivity index (χ4n) is 1.39. The van der Waals surface area contributed by atoms with E-state index in [0.29, 0.717) is 5.56 Å². The van der Waals surface area contributed by atoms with Crippen molar-refractivity contribution >= 4 is 50.6 Å². The maximum atomic E-state index is 11.9. The SMILES string of the molecule is O=S(=O)(C/C([O-])=N\NC(=S)S)C/C(=N/O)c1ccccc1.[K+]. The van der Waals surface area contributed by atoms with Gasteiger partial charge in [-0.1, -0.05) is 47.7 Å². The summed E-state index contributed by atoms with van der Waals surface area (Å²) < 4.78 is 23.7. The largest absolute Gasteiger partial charge is 1.00 e. The van der Waals surface area contributed by atoms with Crippen LogP contribution >= 0.6 is 24.8 Å². The first kappa shape index (κ1) is 22.0. The first-order valence-corrected chi connectivity index (χ1v) is 8.21. The number of sulfone groups is 1. The van der Waals surface area contributed by atoms with Gasteiger partial charge >= 0.3 is 51.4 Å². The Bertz CT molecular complexity index is 662. The fourth-order valence-corrected chi connectivity index (χ4v) is 2.67. The molecule has 0 spiro atoms. The van der Waals surface area contributed by atoms with Crippen LogP contribution in [0.3, 0.4) is 0 Å². The van der Waals surface area contributed by atoms with Crippen LogP contribution in [0, 0.1) is 0 Å². The molecule has 1 aromatic rings. The van der Waals surface area contributed by atoms with Gasteiger partial charge in [0.15, 0.2) is 14.2 Å². The van der Waals surface area contributed by atoms with Gasteiger partial charge in [-0.15, -0.1) is 12.6 Å². The third-order valence-electron chi connectivity index (χ3n) is 2.20. The van der Waals surface area contributed by atoms with Gasteiger partial charge in [0, 0.05) is 5.56 Å². The summed E-state index contributed by atoms with van der Waals surface area (Å²) in [6.45, 7) is 0. The van der Waals surface area contributed by atoms with Gasteiger partial charge in [-0.3, -0.25) is 5.43 Å². The molecule has 0 aliphatic rings. The number of nitrogens with one attached hydrogen (secondary N) is 1. The van der Waals surface area contributed by atoms with E-state index in [-0.39, 0.29) is 61.4 Å². The predicted molar refractivity (Wildman–Crippen MR) is 85.6 cm³/mol. The second-order valence-electron chi connectivity index (χ2n) is 3.87. The van der Waals surface area contributed by atoms with E-state index in [1.807, 2.05) is 0 Å². The van der Waals surface area contributed by atoms with Crippen molar-refractivity contribution in [2.24, 2.45) is 10.3 Å². The van der Waals surface area contributed by atoms with E-state index < -0.39 is 27.2 Å². The Morgan fingerprint density at radius 1 is 1.32 bits per heavy atom. The molecule has 0 unspecified atom stereocenters. The number of thiol groups is 1. The van der Waals surface area contributed by atoms with E-state index in [2.05, 4.69) is 40.5 Å². The van der Waals surface area contributed by atoms with Crippen molar-refractivity contribution in [2.75, 3.05) is 11.5 Å². The van der Waals surface area contributed by atoms with Crippen molar-refractivity contribution in [3.63, 3.8) is 0 Å². The molecule has 0 bridgehead atoms. The van der Waals surface area contributed by atoms with Crippen LogP contribution in [-0.4, -0.2) is 41.1 Å². The van der Waals surface area contributed by atoms with Gasteiger partial charge in [0.05, 0.1) is 11.5 Å². The average Bonchev–Trinajstić information content (AvgIpc) is 2.43. The standard InChI is InChI=1S/C11H13N3O4S3.K/c15-10(12-13-11(19)20)7-21(17,18)6-9(14-16)8-4-2-1-3-5-8;/h1-5,16H,6-7H2,(H,12,15)(H2,13,19,20);/q;+1/p-1/b14-9-;. The van der Waals surface area contributed by atoms with Crippen LogP contribution in [0.2, 0.25) is 0 Å². The Labute approximate surface area is 181 Å². The number of rotatable bonds is 6. The van der Waals surface area contributed by atoms with Crippen LogP contribution in [0.4, 0.5) is 0 Å². The summed E-state index contributed by atoms with van der Waals surface area (Å²) in [6.07, 6.45) is 0. The van der Waals surface area contributed by atoms with Gasteiger partial charge in [0.2, 0.25) is 0 Å². The molecule has 0 aromatic heterocycles. The van der Waals surface area contributed by atoms with Crippen LogP contribution < -0.4 is 61.9 Å².